The van der Waals surface area contributed by atoms with E-state index in [1.54, 1.807) is 13.0 Å². The standard InChI is InChI=1S/C11H9F2NO2/c1-6-3-8(5-14)10(16-11(12)13)4-9(6)7(2)15/h3-4,11H,1-2H3. The summed E-state index contributed by atoms with van der Waals surface area (Å²) in [5.74, 6) is -0.533. The predicted octanol–water partition coefficient (Wildman–Crippen LogP) is 2.67. The molecule has 84 valence electrons. The number of ether oxygens (including phenoxy) is 1. The molecule has 0 aliphatic rings. The van der Waals surface area contributed by atoms with E-state index >= 15 is 0 Å². The number of hydrogen-bond acceptors (Lipinski definition) is 3. The minimum absolute atomic E-state index is 0.0113. The van der Waals surface area contributed by atoms with E-state index in [1.807, 2.05) is 0 Å². The zero-order chi connectivity index (χ0) is 12.3. The van der Waals surface area contributed by atoms with Crippen LogP contribution >= 0.6 is 0 Å². The van der Waals surface area contributed by atoms with Crippen LogP contribution in [0.3, 0.4) is 0 Å². The maximum atomic E-state index is 12.1. The van der Waals surface area contributed by atoms with Crippen LogP contribution in [-0.4, -0.2) is 12.4 Å². The van der Waals surface area contributed by atoms with Gasteiger partial charge in [-0.1, -0.05) is 0 Å². The lowest BCUT2D eigenvalue weighted by molar-refractivity contribution is -0.0500. The van der Waals surface area contributed by atoms with E-state index in [2.05, 4.69) is 4.74 Å². The summed E-state index contributed by atoms with van der Waals surface area (Å²) in [5, 5.41) is 8.73. The molecule has 0 spiro atoms. The molecule has 0 radical (unpaired) electrons. The van der Waals surface area contributed by atoms with Gasteiger partial charge in [-0.3, -0.25) is 4.79 Å². The summed E-state index contributed by atoms with van der Waals surface area (Å²) in [6.45, 7) is -0.0702. The van der Waals surface area contributed by atoms with Crippen molar-refractivity contribution in [3.63, 3.8) is 0 Å². The van der Waals surface area contributed by atoms with Gasteiger partial charge < -0.3 is 4.74 Å². The molecule has 0 saturated carbocycles. The molecular weight excluding hydrogens is 216 g/mol. The van der Waals surface area contributed by atoms with Crippen molar-refractivity contribution in [1.82, 2.24) is 0 Å². The molecule has 0 N–H and O–H groups in total. The zero-order valence-electron chi connectivity index (χ0n) is 8.75. The number of aryl methyl sites for hydroxylation is 1. The van der Waals surface area contributed by atoms with Crippen LogP contribution in [0.15, 0.2) is 12.1 Å². The zero-order valence-corrected chi connectivity index (χ0v) is 8.75. The Bertz CT molecular complexity index is 464. The molecule has 0 aromatic heterocycles. The average Bonchev–Trinajstić information content (AvgIpc) is 2.18. The first-order valence-corrected chi connectivity index (χ1v) is 4.46. The molecule has 0 aliphatic heterocycles. The SMILES string of the molecule is CC(=O)c1cc(OC(F)F)c(C#N)cc1C. The van der Waals surface area contributed by atoms with Crippen LogP contribution in [0.4, 0.5) is 8.78 Å². The summed E-state index contributed by atoms with van der Waals surface area (Å²) < 4.78 is 28.3. The molecule has 0 aliphatic carbocycles. The van der Waals surface area contributed by atoms with Gasteiger partial charge in [0.15, 0.2) is 5.78 Å². The van der Waals surface area contributed by atoms with Crippen molar-refractivity contribution in [2.24, 2.45) is 0 Å². The van der Waals surface area contributed by atoms with E-state index in [9.17, 15) is 13.6 Å². The summed E-state index contributed by atoms with van der Waals surface area (Å²) >= 11 is 0. The maximum absolute atomic E-state index is 12.1. The highest BCUT2D eigenvalue weighted by atomic mass is 19.3. The number of nitriles is 1. The first kappa shape index (κ1) is 12.1. The van der Waals surface area contributed by atoms with E-state index in [1.165, 1.54) is 19.1 Å². The van der Waals surface area contributed by atoms with Gasteiger partial charge in [0.1, 0.15) is 11.8 Å². The van der Waals surface area contributed by atoms with E-state index in [0.29, 0.717) is 5.56 Å². The Morgan fingerprint density at radius 2 is 2.12 bits per heavy atom. The number of alkyl halides is 2. The van der Waals surface area contributed by atoms with Gasteiger partial charge in [-0.25, -0.2) is 0 Å². The second-order valence-corrected chi connectivity index (χ2v) is 3.21. The molecule has 0 fully saturated rings. The third-order valence-corrected chi connectivity index (χ3v) is 2.04. The van der Waals surface area contributed by atoms with Gasteiger partial charge >= 0.3 is 6.61 Å². The van der Waals surface area contributed by atoms with Crippen LogP contribution in [0.5, 0.6) is 5.75 Å². The summed E-state index contributed by atoms with van der Waals surface area (Å²) in [6.07, 6.45) is 0. The maximum Gasteiger partial charge on any atom is 0.387 e. The molecule has 1 rings (SSSR count). The van der Waals surface area contributed by atoms with Gasteiger partial charge in [0, 0.05) is 5.56 Å². The summed E-state index contributed by atoms with van der Waals surface area (Å²) in [4.78, 5) is 11.2. The fourth-order valence-electron chi connectivity index (χ4n) is 1.35. The molecule has 1 aromatic carbocycles. The molecule has 1 aromatic rings. The van der Waals surface area contributed by atoms with Gasteiger partial charge in [0.2, 0.25) is 0 Å². The van der Waals surface area contributed by atoms with Crippen LogP contribution in [0.1, 0.15) is 28.4 Å². The van der Waals surface area contributed by atoms with Crippen LogP contribution in [0.25, 0.3) is 0 Å². The van der Waals surface area contributed by atoms with Gasteiger partial charge in [-0.2, -0.15) is 14.0 Å². The largest absolute Gasteiger partial charge is 0.433 e. The molecule has 3 nitrogen and oxygen atoms in total. The van der Waals surface area contributed by atoms with Crippen molar-refractivity contribution in [2.45, 2.75) is 20.5 Å². The van der Waals surface area contributed by atoms with E-state index < -0.39 is 6.61 Å². The van der Waals surface area contributed by atoms with Crippen molar-refractivity contribution < 1.29 is 18.3 Å². The van der Waals surface area contributed by atoms with E-state index in [4.69, 9.17) is 5.26 Å². The number of rotatable bonds is 3. The van der Waals surface area contributed by atoms with Gasteiger partial charge in [0.25, 0.3) is 0 Å². The van der Waals surface area contributed by atoms with E-state index in [-0.39, 0.29) is 22.7 Å². The second-order valence-electron chi connectivity index (χ2n) is 3.21. The number of benzene rings is 1. The predicted molar refractivity (Wildman–Crippen MR) is 52.5 cm³/mol. The molecule has 0 saturated heterocycles. The molecule has 5 heteroatoms. The third-order valence-electron chi connectivity index (χ3n) is 2.04. The lowest BCUT2D eigenvalue weighted by Crippen LogP contribution is -2.06. The Morgan fingerprint density at radius 1 is 1.50 bits per heavy atom. The number of carbonyl (C=O) groups is 1. The smallest absolute Gasteiger partial charge is 0.387 e. The number of nitrogens with zero attached hydrogens (tertiary/aromatic N) is 1. The van der Waals surface area contributed by atoms with Crippen LogP contribution in [0, 0.1) is 18.3 Å². The summed E-state index contributed by atoms with van der Waals surface area (Å²) in [6, 6.07) is 4.26. The fourth-order valence-corrected chi connectivity index (χ4v) is 1.35. The van der Waals surface area contributed by atoms with Crippen molar-refractivity contribution in [3.8, 4) is 11.8 Å². The molecular formula is C11H9F2NO2. The number of halogens is 2. The summed E-state index contributed by atoms with van der Waals surface area (Å²) in [5.41, 5.74) is 0.822. The number of hydrogen-bond donors (Lipinski definition) is 0. The molecule has 0 atom stereocenters. The van der Waals surface area contributed by atoms with Gasteiger partial charge in [-0.05, 0) is 31.5 Å². The number of carbonyl (C=O) groups excluding carboxylic acids is 1. The fraction of sp³-hybridized carbons (Fsp3) is 0.273. The molecule has 0 unspecified atom stereocenters. The Hall–Kier alpha value is -1.96. The molecule has 0 amide bonds. The Balaban J connectivity index is 3.30. The van der Waals surface area contributed by atoms with Crippen molar-refractivity contribution in [1.29, 1.82) is 5.26 Å². The van der Waals surface area contributed by atoms with Gasteiger partial charge in [-0.15, -0.1) is 0 Å². The highest BCUT2D eigenvalue weighted by Gasteiger charge is 2.14. The second kappa shape index (κ2) is 4.71. The first-order valence-electron chi connectivity index (χ1n) is 4.46. The number of Topliss-reactive ketones (excluding diaryl/α,β-unsaturated/α-hetero) is 1. The molecule has 16 heavy (non-hydrogen) atoms. The Kier molecular flexibility index (Phi) is 3.56. The summed E-state index contributed by atoms with van der Waals surface area (Å²) in [7, 11) is 0. The third kappa shape index (κ3) is 2.54. The topological polar surface area (TPSA) is 50.1 Å². The quantitative estimate of drug-likeness (QED) is 0.743. The minimum Gasteiger partial charge on any atom is -0.433 e. The monoisotopic (exact) mass is 225 g/mol. The lowest BCUT2D eigenvalue weighted by Gasteiger charge is -2.09. The Morgan fingerprint density at radius 3 is 2.56 bits per heavy atom. The minimum atomic E-state index is -3.02. The highest BCUT2D eigenvalue weighted by Crippen LogP contribution is 2.24. The number of ketones is 1. The Labute approximate surface area is 91.3 Å². The average molecular weight is 225 g/mol. The molecule has 0 bridgehead atoms. The van der Waals surface area contributed by atoms with Crippen LogP contribution in [0.2, 0.25) is 0 Å². The van der Waals surface area contributed by atoms with Crippen LogP contribution in [-0.2, 0) is 0 Å². The highest BCUT2D eigenvalue weighted by molar-refractivity contribution is 5.96. The van der Waals surface area contributed by atoms with Crippen molar-refractivity contribution >= 4 is 5.78 Å². The first-order chi connectivity index (χ1) is 7.45. The normalized spacial score (nSPS) is 10.0. The van der Waals surface area contributed by atoms with Gasteiger partial charge in [0.05, 0.1) is 5.56 Å². The lowest BCUT2D eigenvalue weighted by atomic mass is 10.0. The van der Waals surface area contributed by atoms with E-state index in [0.717, 1.165) is 0 Å². The van der Waals surface area contributed by atoms with Crippen molar-refractivity contribution in [2.75, 3.05) is 0 Å². The molecule has 0 heterocycles. The van der Waals surface area contributed by atoms with Crippen molar-refractivity contribution in [3.05, 3.63) is 28.8 Å². The van der Waals surface area contributed by atoms with Crippen LogP contribution < -0.4 is 4.74 Å².